The van der Waals surface area contributed by atoms with Crippen LogP contribution >= 0.6 is 39.1 Å². The predicted octanol–water partition coefficient (Wildman–Crippen LogP) is 3.87. The average Bonchev–Trinajstić information content (AvgIpc) is 2.31. The summed E-state index contributed by atoms with van der Waals surface area (Å²) in [6.07, 6.45) is 1.34. The van der Waals surface area contributed by atoms with Crippen molar-refractivity contribution in [3.8, 4) is 0 Å². The van der Waals surface area contributed by atoms with Crippen LogP contribution < -0.4 is 11.1 Å². The zero-order valence-corrected chi connectivity index (χ0v) is 11.5. The monoisotopic (exact) mass is 332 g/mol. The Balaban J connectivity index is 2.38. The molecule has 0 saturated carbocycles. The van der Waals surface area contributed by atoms with E-state index in [1.54, 1.807) is 6.07 Å². The maximum atomic E-state index is 5.97. The summed E-state index contributed by atoms with van der Waals surface area (Å²) >= 11 is 15.3. The first-order valence-electron chi connectivity index (χ1n) is 4.56. The first-order valence-corrected chi connectivity index (χ1v) is 6.11. The van der Waals surface area contributed by atoms with Gasteiger partial charge in [0.1, 0.15) is 17.2 Å². The van der Waals surface area contributed by atoms with Crippen molar-refractivity contribution < 1.29 is 0 Å². The molecule has 17 heavy (non-hydrogen) atoms. The standard InChI is InChI=1S/C10H7BrCl2N4/c11-7-5(12)2-1-3-6(7)17-10-8(13)9(14)15-4-16-10/h1-4H,(H3,14,15,16,17). The predicted molar refractivity (Wildman–Crippen MR) is 73.9 cm³/mol. The van der Waals surface area contributed by atoms with Gasteiger partial charge in [0, 0.05) is 0 Å². The third kappa shape index (κ3) is 2.62. The van der Waals surface area contributed by atoms with E-state index >= 15 is 0 Å². The summed E-state index contributed by atoms with van der Waals surface area (Å²) in [6, 6.07) is 5.42. The van der Waals surface area contributed by atoms with Crippen molar-refractivity contribution in [1.29, 1.82) is 0 Å². The highest BCUT2D eigenvalue weighted by Crippen LogP contribution is 2.34. The number of aromatic nitrogens is 2. The van der Waals surface area contributed by atoms with Crippen LogP contribution in [0.2, 0.25) is 10.0 Å². The van der Waals surface area contributed by atoms with Gasteiger partial charge in [-0.05, 0) is 28.1 Å². The summed E-state index contributed by atoms with van der Waals surface area (Å²) in [5.74, 6) is 0.657. The lowest BCUT2D eigenvalue weighted by molar-refractivity contribution is 1.17. The summed E-state index contributed by atoms with van der Waals surface area (Å²) < 4.78 is 0.731. The molecule has 88 valence electrons. The van der Waals surface area contributed by atoms with Crippen molar-refractivity contribution in [2.24, 2.45) is 0 Å². The molecular weight excluding hydrogens is 327 g/mol. The quantitative estimate of drug-likeness (QED) is 0.875. The minimum Gasteiger partial charge on any atom is -0.382 e. The van der Waals surface area contributed by atoms with Gasteiger partial charge in [0.05, 0.1) is 15.2 Å². The molecule has 3 N–H and O–H groups in total. The second kappa shape index (κ2) is 5.08. The van der Waals surface area contributed by atoms with Crippen LogP contribution in [0.5, 0.6) is 0 Å². The third-order valence-electron chi connectivity index (χ3n) is 2.02. The number of rotatable bonds is 2. The lowest BCUT2D eigenvalue weighted by Crippen LogP contribution is -2.00. The summed E-state index contributed by atoms with van der Waals surface area (Å²) in [6.45, 7) is 0. The smallest absolute Gasteiger partial charge is 0.154 e. The van der Waals surface area contributed by atoms with Crippen LogP contribution in [0.25, 0.3) is 0 Å². The molecule has 0 atom stereocenters. The summed E-state index contributed by atoms with van der Waals surface area (Å²) in [5, 5.41) is 3.90. The van der Waals surface area contributed by atoms with Crippen LogP contribution in [-0.4, -0.2) is 9.97 Å². The fourth-order valence-corrected chi connectivity index (χ4v) is 1.88. The van der Waals surface area contributed by atoms with Gasteiger partial charge in [-0.15, -0.1) is 0 Å². The SMILES string of the molecule is Nc1ncnc(Nc2cccc(Cl)c2Br)c1Cl. The van der Waals surface area contributed by atoms with E-state index in [1.807, 2.05) is 12.1 Å². The van der Waals surface area contributed by atoms with Crippen molar-refractivity contribution >= 4 is 56.5 Å². The lowest BCUT2D eigenvalue weighted by Gasteiger charge is -2.10. The Morgan fingerprint density at radius 1 is 1.24 bits per heavy atom. The van der Waals surface area contributed by atoms with Crippen LogP contribution in [0.3, 0.4) is 0 Å². The van der Waals surface area contributed by atoms with E-state index in [0.29, 0.717) is 10.8 Å². The highest BCUT2D eigenvalue weighted by molar-refractivity contribution is 9.10. The Hall–Kier alpha value is -1.04. The Morgan fingerprint density at radius 2 is 2.00 bits per heavy atom. The fraction of sp³-hybridized carbons (Fsp3) is 0. The molecule has 4 nitrogen and oxygen atoms in total. The second-order valence-corrected chi connectivity index (χ2v) is 4.73. The third-order valence-corrected chi connectivity index (χ3v) is 3.79. The van der Waals surface area contributed by atoms with E-state index in [-0.39, 0.29) is 10.8 Å². The summed E-state index contributed by atoms with van der Waals surface area (Å²) in [7, 11) is 0. The molecule has 2 aromatic rings. The van der Waals surface area contributed by atoms with E-state index in [1.165, 1.54) is 6.33 Å². The molecule has 0 amide bonds. The number of nitrogens with one attached hydrogen (secondary N) is 1. The zero-order chi connectivity index (χ0) is 12.4. The van der Waals surface area contributed by atoms with Crippen molar-refractivity contribution in [2.75, 3.05) is 11.1 Å². The molecular formula is C10H7BrCl2N4. The minimum absolute atomic E-state index is 0.224. The number of hydrogen-bond donors (Lipinski definition) is 2. The first-order chi connectivity index (χ1) is 8.09. The number of hydrogen-bond acceptors (Lipinski definition) is 4. The maximum Gasteiger partial charge on any atom is 0.154 e. The summed E-state index contributed by atoms with van der Waals surface area (Å²) in [5.41, 5.74) is 6.33. The molecule has 0 aliphatic heterocycles. The molecule has 0 aliphatic carbocycles. The lowest BCUT2D eigenvalue weighted by atomic mass is 10.3. The average molecular weight is 334 g/mol. The molecule has 7 heteroatoms. The van der Waals surface area contributed by atoms with Crippen molar-refractivity contribution in [3.05, 3.63) is 39.0 Å². The number of halogens is 3. The highest BCUT2D eigenvalue weighted by atomic mass is 79.9. The van der Waals surface area contributed by atoms with Gasteiger partial charge < -0.3 is 11.1 Å². The molecule has 0 fully saturated rings. The second-order valence-electron chi connectivity index (χ2n) is 3.15. The molecule has 0 bridgehead atoms. The fourth-order valence-electron chi connectivity index (χ4n) is 1.20. The minimum atomic E-state index is 0.224. The molecule has 1 aromatic heterocycles. The Morgan fingerprint density at radius 3 is 2.76 bits per heavy atom. The van der Waals surface area contributed by atoms with Gasteiger partial charge in [-0.2, -0.15) is 0 Å². The van der Waals surface area contributed by atoms with E-state index in [4.69, 9.17) is 28.9 Å². The van der Waals surface area contributed by atoms with Gasteiger partial charge in [-0.3, -0.25) is 0 Å². The van der Waals surface area contributed by atoms with E-state index in [2.05, 4.69) is 31.2 Å². The van der Waals surface area contributed by atoms with Crippen molar-refractivity contribution in [2.45, 2.75) is 0 Å². The van der Waals surface area contributed by atoms with Crippen molar-refractivity contribution in [3.63, 3.8) is 0 Å². The molecule has 0 spiro atoms. The molecule has 0 radical (unpaired) electrons. The maximum absolute atomic E-state index is 5.97. The molecule has 2 rings (SSSR count). The van der Waals surface area contributed by atoms with E-state index in [0.717, 1.165) is 10.2 Å². The Bertz CT molecular complexity index is 512. The van der Waals surface area contributed by atoms with Crippen LogP contribution in [-0.2, 0) is 0 Å². The Labute approximate surface area is 116 Å². The van der Waals surface area contributed by atoms with Gasteiger partial charge in [-0.1, -0.05) is 29.3 Å². The highest BCUT2D eigenvalue weighted by Gasteiger charge is 2.09. The van der Waals surface area contributed by atoms with Crippen molar-refractivity contribution in [1.82, 2.24) is 9.97 Å². The number of nitrogens with two attached hydrogens (primary N) is 1. The van der Waals surface area contributed by atoms with Gasteiger partial charge in [0.15, 0.2) is 5.82 Å². The number of nitrogens with zero attached hydrogens (tertiary/aromatic N) is 2. The zero-order valence-electron chi connectivity index (χ0n) is 8.42. The normalized spacial score (nSPS) is 10.3. The van der Waals surface area contributed by atoms with Crippen LogP contribution in [0.4, 0.5) is 17.3 Å². The largest absolute Gasteiger partial charge is 0.382 e. The van der Waals surface area contributed by atoms with Crippen LogP contribution in [0, 0.1) is 0 Å². The van der Waals surface area contributed by atoms with Crippen LogP contribution in [0.15, 0.2) is 29.0 Å². The molecule has 0 unspecified atom stereocenters. The molecule has 1 heterocycles. The molecule has 0 aliphatic rings. The van der Waals surface area contributed by atoms with Gasteiger partial charge in [0.25, 0.3) is 0 Å². The molecule has 1 aromatic carbocycles. The van der Waals surface area contributed by atoms with Crippen LogP contribution in [0.1, 0.15) is 0 Å². The first kappa shape index (κ1) is 12.4. The number of nitrogen functional groups attached to an aromatic ring is 1. The van der Waals surface area contributed by atoms with E-state index in [9.17, 15) is 0 Å². The number of benzene rings is 1. The van der Waals surface area contributed by atoms with E-state index < -0.39 is 0 Å². The Kier molecular flexibility index (Phi) is 3.71. The van der Waals surface area contributed by atoms with Gasteiger partial charge >= 0.3 is 0 Å². The topological polar surface area (TPSA) is 63.8 Å². The van der Waals surface area contributed by atoms with Gasteiger partial charge in [0.2, 0.25) is 0 Å². The summed E-state index contributed by atoms with van der Waals surface area (Å²) in [4.78, 5) is 7.78. The molecule has 0 saturated heterocycles. The van der Waals surface area contributed by atoms with Gasteiger partial charge in [-0.25, -0.2) is 9.97 Å². The number of anilines is 3.